The minimum Gasteiger partial charge on any atom is -0.462 e. The summed E-state index contributed by atoms with van der Waals surface area (Å²) in [5.74, 6) is -0.204. The van der Waals surface area contributed by atoms with Gasteiger partial charge in [0.05, 0.1) is 12.6 Å². The predicted octanol–water partition coefficient (Wildman–Crippen LogP) is 0.690. The van der Waals surface area contributed by atoms with Crippen molar-refractivity contribution >= 4 is 5.97 Å². The maximum atomic E-state index is 11.2. The van der Waals surface area contributed by atoms with Crippen molar-refractivity contribution in [1.82, 2.24) is 5.32 Å². The summed E-state index contributed by atoms with van der Waals surface area (Å²) in [5.41, 5.74) is 0.257. The van der Waals surface area contributed by atoms with Crippen LogP contribution >= 0.6 is 0 Å². The molecular formula is C11H21NO3. The van der Waals surface area contributed by atoms with Gasteiger partial charge in [0, 0.05) is 13.2 Å². The second kappa shape index (κ2) is 5.47. The van der Waals surface area contributed by atoms with E-state index in [0.717, 1.165) is 25.8 Å². The molecule has 0 unspecified atom stereocenters. The number of ether oxygens (including phenoxy) is 1. The van der Waals surface area contributed by atoms with E-state index in [9.17, 15) is 4.79 Å². The minimum absolute atomic E-state index is 0.0494. The molecular weight excluding hydrogens is 194 g/mol. The number of carbonyl (C=O) groups is 1. The molecule has 2 N–H and O–H groups in total. The molecule has 0 atom stereocenters. The highest BCUT2D eigenvalue weighted by Crippen LogP contribution is 2.47. The van der Waals surface area contributed by atoms with Crippen molar-refractivity contribution in [3.8, 4) is 0 Å². The van der Waals surface area contributed by atoms with Crippen LogP contribution < -0.4 is 5.32 Å². The lowest BCUT2D eigenvalue weighted by molar-refractivity contribution is -0.146. The molecule has 1 saturated carbocycles. The molecule has 0 aromatic rings. The summed E-state index contributed by atoms with van der Waals surface area (Å²) in [6, 6.07) is 0. The van der Waals surface area contributed by atoms with Gasteiger partial charge in [-0.1, -0.05) is 0 Å². The smallest absolute Gasteiger partial charge is 0.320 e. The highest BCUT2D eigenvalue weighted by atomic mass is 16.5. The van der Waals surface area contributed by atoms with Gasteiger partial charge in [-0.2, -0.15) is 0 Å². The van der Waals surface area contributed by atoms with Gasteiger partial charge in [0.2, 0.25) is 0 Å². The van der Waals surface area contributed by atoms with E-state index in [2.05, 4.69) is 5.32 Å². The average Bonchev–Trinajstić information content (AvgIpc) is 2.84. The fraction of sp³-hybridized carbons (Fsp3) is 0.909. The van der Waals surface area contributed by atoms with Crippen LogP contribution in [0.5, 0.6) is 0 Å². The van der Waals surface area contributed by atoms with E-state index in [1.807, 2.05) is 13.8 Å². The van der Waals surface area contributed by atoms with Gasteiger partial charge >= 0.3 is 5.97 Å². The molecule has 1 aliphatic carbocycles. The van der Waals surface area contributed by atoms with E-state index < -0.39 is 0 Å². The van der Waals surface area contributed by atoms with Crippen molar-refractivity contribution in [3.63, 3.8) is 0 Å². The average molecular weight is 215 g/mol. The molecule has 0 aromatic carbocycles. The van der Waals surface area contributed by atoms with E-state index in [1.54, 1.807) is 0 Å². The van der Waals surface area contributed by atoms with Crippen LogP contribution in [-0.4, -0.2) is 36.9 Å². The van der Waals surface area contributed by atoms with Crippen LogP contribution in [0.4, 0.5) is 0 Å². The summed E-state index contributed by atoms with van der Waals surface area (Å²) in [5, 5.41) is 11.9. The molecule has 0 aliphatic heterocycles. The second-order valence-electron chi connectivity index (χ2n) is 4.62. The molecule has 0 radical (unpaired) electrons. The Morgan fingerprint density at radius 2 is 2.20 bits per heavy atom. The third kappa shape index (κ3) is 4.62. The Morgan fingerprint density at radius 1 is 1.53 bits per heavy atom. The molecule has 4 heteroatoms. The SMILES string of the molecule is CC(C)OC(=O)CNCC1(CCO)CC1. The molecule has 0 saturated heterocycles. The van der Waals surface area contributed by atoms with Crippen LogP contribution in [0.25, 0.3) is 0 Å². The summed E-state index contributed by atoms with van der Waals surface area (Å²) < 4.78 is 4.99. The normalized spacial score (nSPS) is 17.9. The molecule has 88 valence electrons. The van der Waals surface area contributed by atoms with Crippen LogP contribution in [0.15, 0.2) is 0 Å². The number of nitrogens with one attached hydrogen (secondary N) is 1. The number of esters is 1. The zero-order valence-electron chi connectivity index (χ0n) is 9.58. The molecule has 1 rings (SSSR count). The highest BCUT2D eigenvalue weighted by Gasteiger charge is 2.41. The molecule has 0 amide bonds. The highest BCUT2D eigenvalue weighted by molar-refractivity contribution is 5.71. The van der Waals surface area contributed by atoms with Gasteiger partial charge in [0.15, 0.2) is 0 Å². The Hall–Kier alpha value is -0.610. The molecule has 4 nitrogen and oxygen atoms in total. The first-order chi connectivity index (χ1) is 7.08. The molecule has 1 aliphatic rings. The van der Waals surface area contributed by atoms with Crippen molar-refractivity contribution in [2.24, 2.45) is 5.41 Å². The number of aliphatic hydroxyl groups is 1. The van der Waals surface area contributed by atoms with Crippen molar-refractivity contribution in [2.45, 2.75) is 39.2 Å². The summed E-state index contributed by atoms with van der Waals surface area (Å²) in [7, 11) is 0. The summed E-state index contributed by atoms with van der Waals surface area (Å²) in [6.07, 6.45) is 3.09. The Morgan fingerprint density at radius 3 is 2.67 bits per heavy atom. The maximum absolute atomic E-state index is 11.2. The molecule has 1 fully saturated rings. The number of hydrogen-bond acceptors (Lipinski definition) is 4. The molecule has 0 bridgehead atoms. The summed E-state index contributed by atoms with van der Waals surface area (Å²) in [4.78, 5) is 11.2. The fourth-order valence-corrected chi connectivity index (χ4v) is 1.66. The summed E-state index contributed by atoms with van der Waals surface area (Å²) >= 11 is 0. The molecule has 0 heterocycles. The second-order valence-corrected chi connectivity index (χ2v) is 4.62. The first kappa shape index (κ1) is 12.5. The lowest BCUT2D eigenvalue weighted by Crippen LogP contribution is -2.31. The van der Waals surface area contributed by atoms with Crippen LogP contribution in [0.2, 0.25) is 0 Å². The zero-order valence-corrected chi connectivity index (χ0v) is 9.58. The summed E-state index contributed by atoms with van der Waals surface area (Å²) in [6.45, 7) is 4.99. The van der Waals surface area contributed by atoms with Gasteiger partial charge in [0.25, 0.3) is 0 Å². The lowest BCUT2D eigenvalue weighted by Gasteiger charge is -2.14. The van der Waals surface area contributed by atoms with Crippen LogP contribution in [0.1, 0.15) is 33.1 Å². The predicted molar refractivity (Wildman–Crippen MR) is 57.5 cm³/mol. The number of carbonyl (C=O) groups excluding carboxylic acids is 1. The number of hydrogen-bond donors (Lipinski definition) is 2. The van der Waals surface area contributed by atoms with E-state index in [1.165, 1.54) is 0 Å². The lowest BCUT2D eigenvalue weighted by atomic mass is 10.0. The molecule has 0 aromatic heterocycles. The van der Waals surface area contributed by atoms with Crippen LogP contribution in [-0.2, 0) is 9.53 Å². The first-order valence-electron chi connectivity index (χ1n) is 5.59. The van der Waals surface area contributed by atoms with Gasteiger partial charge in [-0.05, 0) is 38.5 Å². The van der Waals surface area contributed by atoms with E-state index >= 15 is 0 Å². The van der Waals surface area contributed by atoms with Crippen molar-refractivity contribution in [1.29, 1.82) is 0 Å². The van der Waals surface area contributed by atoms with E-state index in [0.29, 0.717) is 0 Å². The number of aliphatic hydroxyl groups excluding tert-OH is 1. The Bertz CT molecular complexity index is 212. The Kier molecular flexibility index (Phi) is 4.54. The van der Waals surface area contributed by atoms with Crippen LogP contribution in [0, 0.1) is 5.41 Å². The fourth-order valence-electron chi connectivity index (χ4n) is 1.66. The number of rotatable bonds is 7. The molecule has 0 spiro atoms. The first-order valence-corrected chi connectivity index (χ1v) is 5.59. The van der Waals surface area contributed by atoms with Gasteiger partial charge in [0.1, 0.15) is 0 Å². The quantitative estimate of drug-likeness (QED) is 0.613. The van der Waals surface area contributed by atoms with Gasteiger partial charge < -0.3 is 15.2 Å². The minimum atomic E-state index is -0.204. The topological polar surface area (TPSA) is 58.6 Å². The largest absolute Gasteiger partial charge is 0.462 e. The zero-order chi connectivity index (χ0) is 11.3. The standard InChI is InChI=1S/C11H21NO3/c1-9(2)15-10(14)7-12-8-11(3-4-11)5-6-13/h9,12-13H,3-8H2,1-2H3. The van der Waals surface area contributed by atoms with Crippen molar-refractivity contribution in [2.75, 3.05) is 19.7 Å². The van der Waals surface area contributed by atoms with Gasteiger partial charge in [-0.3, -0.25) is 4.79 Å². The molecule has 15 heavy (non-hydrogen) atoms. The van der Waals surface area contributed by atoms with Gasteiger partial charge in [-0.15, -0.1) is 0 Å². The van der Waals surface area contributed by atoms with Gasteiger partial charge in [-0.25, -0.2) is 0 Å². The third-order valence-corrected chi connectivity index (χ3v) is 2.74. The van der Waals surface area contributed by atoms with E-state index in [4.69, 9.17) is 9.84 Å². The maximum Gasteiger partial charge on any atom is 0.320 e. The Balaban J connectivity index is 2.08. The Labute approximate surface area is 91.0 Å². The monoisotopic (exact) mass is 215 g/mol. The third-order valence-electron chi connectivity index (χ3n) is 2.74. The van der Waals surface area contributed by atoms with Crippen LogP contribution in [0.3, 0.4) is 0 Å². The van der Waals surface area contributed by atoms with Crippen molar-refractivity contribution in [3.05, 3.63) is 0 Å². The van der Waals surface area contributed by atoms with Crippen molar-refractivity contribution < 1.29 is 14.6 Å². The van der Waals surface area contributed by atoms with E-state index in [-0.39, 0.29) is 30.6 Å².